The first-order chi connectivity index (χ1) is 7.70. The Morgan fingerprint density at radius 2 is 1.94 bits per heavy atom. The monoisotopic (exact) mass is 216 g/mol. The second kappa shape index (κ2) is 3.98. The van der Waals surface area contributed by atoms with Crippen LogP contribution in [0.15, 0.2) is 36.8 Å². The zero-order chi connectivity index (χ0) is 11.5. The largest absolute Gasteiger partial charge is 0.507 e. The summed E-state index contributed by atoms with van der Waals surface area (Å²) in [4.78, 5) is 18.4. The van der Waals surface area contributed by atoms with Crippen molar-refractivity contribution < 1.29 is 15.0 Å². The highest BCUT2D eigenvalue weighted by Gasteiger charge is 2.15. The number of benzene rings is 1. The topological polar surface area (TPSA) is 83.3 Å². The summed E-state index contributed by atoms with van der Waals surface area (Å²) in [5.74, 6) is -1.15. The Bertz CT molecular complexity index is 540. The van der Waals surface area contributed by atoms with Crippen molar-refractivity contribution in [1.29, 1.82) is 0 Å². The number of nitrogens with zero attached hydrogens (tertiary/aromatic N) is 2. The lowest BCUT2D eigenvalue weighted by Gasteiger charge is -2.05. The van der Waals surface area contributed by atoms with E-state index in [2.05, 4.69) is 9.97 Å². The molecule has 5 heteroatoms. The number of aromatic nitrogens is 2. The molecule has 2 rings (SSSR count). The van der Waals surface area contributed by atoms with Crippen molar-refractivity contribution in [3.63, 3.8) is 0 Å². The lowest BCUT2D eigenvalue weighted by molar-refractivity contribution is 0.0691. The number of aromatic hydroxyl groups is 1. The van der Waals surface area contributed by atoms with Gasteiger partial charge in [0.1, 0.15) is 12.1 Å². The molecule has 5 nitrogen and oxygen atoms in total. The number of carboxylic acids is 1. The van der Waals surface area contributed by atoms with Crippen molar-refractivity contribution in [2.24, 2.45) is 0 Å². The number of carboxylic acid groups (broad SMARTS) is 1. The maximum atomic E-state index is 10.9. The number of phenols is 1. The third-order valence-electron chi connectivity index (χ3n) is 2.11. The van der Waals surface area contributed by atoms with Crippen molar-refractivity contribution >= 4 is 5.97 Å². The first-order valence-corrected chi connectivity index (χ1v) is 4.52. The first kappa shape index (κ1) is 10.1. The molecule has 0 unspecified atom stereocenters. The number of hydrogen-bond acceptors (Lipinski definition) is 4. The van der Waals surface area contributed by atoms with E-state index >= 15 is 0 Å². The van der Waals surface area contributed by atoms with Gasteiger partial charge in [0.25, 0.3) is 0 Å². The van der Waals surface area contributed by atoms with Crippen molar-refractivity contribution in [3.8, 4) is 16.9 Å². The number of para-hydroxylation sites is 1. The Kier molecular flexibility index (Phi) is 2.51. The molecule has 1 aromatic heterocycles. The van der Waals surface area contributed by atoms with Crippen LogP contribution in [-0.4, -0.2) is 26.2 Å². The van der Waals surface area contributed by atoms with Crippen molar-refractivity contribution in [2.45, 2.75) is 0 Å². The molecular formula is C11H8N2O3. The molecule has 1 aromatic carbocycles. The molecule has 0 amide bonds. The minimum absolute atomic E-state index is 0.000185. The minimum atomic E-state index is -1.15. The summed E-state index contributed by atoms with van der Waals surface area (Å²) in [5, 5.41) is 18.6. The molecule has 80 valence electrons. The molecule has 0 aliphatic heterocycles. The van der Waals surface area contributed by atoms with Gasteiger partial charge in [-0.15, -0.1) is 0 Å². The van der Waals surface area contributed by atoms with Gasteiger partial charge in [0, 0.05) is 17.3 Å². The average molecular weight is 216 g/mol. The zero-order valence-corrected chi connectivity index (χ0v) is 8.16. The fourth-order valence-electron chi connectivity index (χ4n) is 1.40. The lowest BCUT2D eigenvalue weighted by atomic mass is 10.0. The van der Waals surface area contributed by atoms with E-state index in [9.17, 15) is 9.90 Å². The van der Waals surface area contributed by atoms with Gasteiger partial charge >= 0.3 is 5.97 Å². The molecule has 0 saturated carbocycles. The number of aromatic carboxylic acids is 1. The van der Waals surface area contributed by atoms with Crippen LogP contribution < -0.4 is 0 Å². The van der Waals surface area contributed by atoms with Crippen molar-refractivity contribution in [2.75, 3.05) is 0 Å². The molecule has 0 aliphatic carbocycles. The summed E-state index contributed by atoms with van der Waals surface area (Å²) in [6.07, 6.45) is 2.53. The predicted molar refractivity (Wildman–Crippen MR) is 56.1 cm³/mol. The molecule has 16 heavy (non-hydrogen) atoms. The summed E-state index contributed by atoms with van der Waals surface area (Å²) < 4.78 is 0. The van der Waals surface area contributed by atoms with E-state index < -0.39 is 5.97 Å². The van der Waals surface area contributed by atoms with Crippen LogP contribution in [0.2, 0.25) is 0 Å². The van der Waals surface area contributed by atoms with Gasteiger partial charge in [-0.2, -0.15) is 0 Å². The number of carbonyl (C=O) groups is 1. The summed E-state index contributed by atoms with van der Waals surface area (Å²) in [6.45, 7) is 0. The third kappa shape index (κ3) is 1.70. The lowest BCUT2D eigenvalue weighted by Crippen LogP contribution is -2.03. The van der Waals surface area contributed by atoms with Crippen LogP contribution >= 0.6 is 0 Å². The average Bonchev–Trinajstić information content (AvgIpc) is 2.29. The van der Waals surface area contributed by atoms with Crippen LogP contribution in [0.1, 0.15) is 10.5 Å². The van der Waals surface area contributed by atoms with E-state index in [1.807, 2.05) is 0 Å². The van der Waals surface area contributed by atoms with Gasteiger partial charge in [0.05, 0.1) is 0 Å². The van der Waals surface area contributed by atoms with E-state index in [-0.39, 0.29) is 11.4 Å². The fourth-order valence-corrected chi connectivity index (χ4v) is 1.40. The highest BCUT2D eigenvalue weighted by molar-refractivity contribution is 5.94. The molecule has 0 aliphatic rings. The third-order valence-corrected chi connectivity index (χ3v) is 2.11. The molecule has 2 N–H and O–H groups in total. The Morgan fingerprint density at radius 1 is 1.19 bits per heavy atom. The van der Waals surface area contributed by atoms with Gasteiger partial charge in [-0.3, -0.25) is 0 Å². The quantitative estimate of drug-likeness (QED) is 0.795. The van der Waals surface area contributed by atoms with E-state index in [0.29, 0.717) is 11.1 Å². The van der Waals surface area contributed by atoms with Crippen LogP contribution in [0.25, 0.3) is 11.1 Å². The zero-order valence-electron chi connectivity index (χ0n) is 8.16. The highest BCUT2D eigenvalue weighted by atomic mass is 16.4. The molecule has 0 bridgehead atoms. The number of hydrogen-bond donors (Lipinski definition) is 2. The molecule has 0 fully saturated rings. The van der Waals surface area contributed by atoms with E-state index in [1.165, 1.54) is 12.3 Å². The molecule has 1 heterocycles. The Balaban J connectivity index is 2.65. The fraction of sp³-hybridized carbons (Fsp3) is 0. The number of rotatable bonds is 2. The van der Waals surface area contributed by atoms with Crippen LogP contribution in [0, 0.1) is 0 Å². The van der Waals surface area contributed by atoms with Gasteiger partial charge in [-0.25, -0.2) is 14.8 Å². The van der Waals surface area contributed by atoms with Crippen LogP contribution in [0.5, 0.6) is 5.75 Å². The molecule has 0 saturated heterocycles. The Labute approximate surface area is 91.0 Å². The normalized spacial score (nSPS) is 10.0. The summed E-state index contributed by atoms with van der Waals surface area (Å²) >= 11 is 0. The van der Waals surface area contributed by atoms with Crippen molar-refractivity contribution in [1.82, 2.24) is 9.97 Å². The van der Waals surface area contributed by atoms with Gasteiger partial charge in [-0.1, -0.05) is 18.2 Å². The second-order valence-electron chi connectivity index (χ2n) is 3.11. The summed E-state index contributed by atoms with van der Waals surface area (Å²) in [5.41, 5.74) is 0.574. The van der Waals surface area contributed by atoms with Gasteiger partial charge in [-0.05, 0) is 6.07 Å². The first-order valence-electron chi connectivity index (χ1n) is 4.52. The smallest absolute Gasteiger partial charge is 0.355 e. The van der Waals surface area contributed by atoms with E-state index in [0.717, 1.165) is 6.33 Å². The SMILES string of the molecule is O=C(O)c1ncncc1-c1ccccc1O. The van der Waals surface area contributed by atoms with Gasteiger partial charge in [0.2, 0.25) is 0 Å². The van der Waals surface area contributed by atoms with Crippen LogP contribution in [-0.2, 0) is 0 Å². The van der Waals surface area contributed by atoms with Crippen LogP contribution in [0.4, 0.5) is 0 Å². The van der Waals surface area contributed by atoms with Gasteiger partial charge < -0.3 is 10.2 Å². The molecular weight excluding hydrogens is 208 g/mol. The standard InChI is InChI=1S/C11H8N2O3/c14-9-4-2-1-3-7(9)8-5-12-6-13-10(8)11(15)16/h1-6,14H,(H,15,16). The van der Waals surface area contributed by atoms with Gasteiger partial charge in [0.15, 0.2) is 5.69 Å². The highest BCUT2D eigenvalue weighted by Crippen LogP contribution is 2.29. The van der Waals surface area contributed by atoms with Crippen LogP contribution in [0.3, 0.4) is 0 Å². The Hall–Kier alpha value is -2.43. The van der Waals surface area contributed by atoms with E-state index in [4.69, 9.17) is 5.11 Å². The van der Waals surface area contributed by atoms with E-state index in [1.54, 1.807) is 18.2 Å². The maximum Gasteiger partial charge on any atom is 0.355 e. The summed E-state index contributed by atoms with van der Waals surface area (Å²) in [6, 6.07) is 6.45. The molecule has 0 spiro atoms. The maximum absolute atomic E-state index is 10.9. The molecule has 0 radical (unpaired) electrons. The minimum Gasteiger partial charge on any atom is -0.507 e. The summed E-state index contributed by atoms with van der Waals surface area (Å²) in [7, 11) is 0. The Morgan fingerprint density at radius 3 is 2.62 bits per heavy atom. The predicted octanol–water partition coefficient (Wildman–Crippen LogP) is 1.55. The molecule has 0 atom stereocenters. The van der Waals surface area contributed by atoms with Crippen molar-refractivity contribution in [3.05, 3.63) is 42.5 Å². The molecule has 2 aromatic rings. The number of phenolic OH excluding ortho intramolecular Hbond substituents is 1. The second-order valence-corrected chi connectivity index (χ2v) is 3.11.